The van der Waals surface area contributed by atoms with Gasteiger partial charge in [-0.15, -0.1) is 11.3 Å². The summed E-state index contributed by atoms with van der Waals surface area (Å²) >= 11 is 13.1. The number of thiophene rings is 1. The van der Waals surface area contributed by atoms with Crippen LogP contribution >= 0.6 is 34.5 Å². The zero-order valence-corrected chi connectivity index (χ0v) is 23.8. The molecule has 3 atom stereocenters. The minimum absolute atomic E-state index is 0.0815. The summed E-state index contributed by atoms with van der Waals surface area (Å²) in [5.74, 6) is -0.839. The number of amides is 2. The second-order valence-electron chi connectivity index (χ2n) is 9.11. The Hall–Kier alpha value is -2.25. The number of carbonyl (C=O) groups is 2. The van der Waals surface area contributed by atoms with E-state index >= 15 is 0 Å². The summed E-state index contributed by atoms with van der Waals surface area (Å²) in [5.41, 5.74) is 0. The van der Waals surface area contributed by atoms with Gasteiger partial charge in [0.2, 0.25) is 15.9 Å². The molecule has 0 bridgehead atoms. The number of aliphatic hydroxyl groups excluding tert-OH is 2. The molecule has 3 rings (SSSR count). The summed E-state index contributed by atoms with van der Waals surface area (Å²) in [4.78, 5) is 25.9. The van der Waals surface area contributed by atoms with E-state index in [2.05, 4.69) is 15.4 Å². The van der Waals surface area contributed by atoms with Gasteiger partial charge < -0.3 is 20.8 Å². The van der Waals surface area contributed by atoms with Crippen LogP contribution in [-0.2, 0) is 14.8 Å². The minimum atomic E-state index is -4.09. The third-order valence-electron chi connectivity index (χ3n) is 5.57. The Kier molecular flexibility index (Phi) is 10.5. The van der Waals surface area contributed by atoms with Gasteiger partial charge in [-0.2, -0.15) is 0 Å². The highest BCUT2D eigenvalue weighted by Gasteiger charge is 2.26. The topological polar surface area (TPSA) is 145 Å². The molecule has 2 aromatic carbocycles. The Morgan fingerprint density at radius 1 is 1.00 bits per heavy atom. The third-order valence-corrected chi connectivity index (χ3v) is 8.83. The van der Waals surface area contributed by atoms with Crippen LogP contribution in [0.5, 0.6) is 0 Å². The summed E-state index contributed by atoms with van der Waals surface area (Å²) in [7, 11) is -4.09. The van der Waals surface area contributed by atoms with Crippen molar-refractivity contribution in [3.05, 3.63) is 63.5 Å². The summed E-state index contributed by atoms with van der Waals surface area (Å²) < 4.78 is 28.1. The SMILES string of the molecule is CC(C)C[C@H](NC(=O)c1cc2ccccc2s1)C(=O)NC[C@@H](O)C(O)CNS(=O)(=O)c1ccc(Cl)cc1Cl. The lowest BCUT2D eigenvalue weighted by molar-refractivity contribution is -0.124. The molecule has 0 fully saturated rings. The van der Waals surface area contributed by atoms with E-state index in [4.69, 9.17) is 23.2 Å². The fourth-order valence-corrected chi connectivity index (χ4v) is 6.38. The number of carbonyl (C=O) groups excluding carboxylic acids is 2. The lowest BCUT2D eigenvalue weighted by Crippen LogP contribution is -2.51. The van der Waals surface area contributed by atoms with E-state index in [0.29, 0.717) is 11.3 Å². The van der Waals surface area contributed by atoms with Crippen molar-refractivity contribution in [2.75, 3.05) is 13.1 Å². The van der Waals surface area contributed by atoms with Crippen LogP contribution in [0.2, 0.25) is 10.0 Å². The van der Waals surface area contributed by atoms with Crippen LogP contribution in [0, 0.1) is 5.92 Å². The van der Waals surface area contributed by atoms with Crippen molar-refractivity contribution >= 4 is 66.5 Å². The number of benzene rings is 2. The average Bonchev–Trinajstić information content (AvgIpc) is 3.29. The lowest BCUT2D eigenvalue weighted by Gasteiger charge is -2.23. The fraction of sp³-hybridized carbons (Fsp3) is 0.360. The molecule has 0 spiro atoms. The number of aliphatic hydroxyl groups is 2. The van der Waals surface area contributed by atoms with E-state index in [9.17, 15) is 28.2 Å². The van der Waals surface area contributed by atoms with Gasteiger partial charge in [0, 0.05) is 22.8 Å². The van der Waals surface area contributed by atoms with E-state index < -0.39 is 40.7 Å². The highest BCUT2D eigenvalue weighted by molar-refractivity contribution is 7.89. The van der Waals surface area contributed by atoms with Crippen molar-refractivity contribution in [2.45, 2.75) is 43.4 Å². The van der Waals surface area contributed by atoms with Gasteiger partial charge >= 0.3 is 0 Å². The monoisotopic (exact) mass is 601 g/mol. The molecule has 5 N–H and O–H groups in total. The van der Waals surface area contributed by atoms with Gasteiger partial charge in [-0.3, -0.25) is 9.59 Å². The minimum Gasteiger partial charge on any atom is -0.389 e. The van der Waals surface area contributed by atoms with Crippen LogP contribution in [0.4, 0.5) is 0 Å². The summed E-state index contributed by atoms with van der Waals surface area (Å²) in [6.07, 6.45) is -2.67. The van der Waals surface area contributed by atoms with E-state index in [0.717, 1.165) is 10.1 Å². The first kappa shape index (κ1) is 30.3. The Morgan fingerprint density at radius 2 is 1.68 bits per heavy atom. The second kappa shape index (κ2) is 13.2. The largest absolute Gasteiger partial charge is 0.389 e. The molecule has 1 aromatic heterocycles. The van der Waals surface area contributed by atoms with Crippen molar-refractivity contribution in [1.29, 1.82) is 0 Å². The molecule has 2 amide bonds. The second-order valence-corrected chi connectivity index (χ2v) is 12.8. The maximum absolute atomic E-state index is 12.9. The number of sulfonamides is 1. The van der Waals surface area contributed by atoms with Gasteiger partial charge in [0.1, 0.15) is 10.9 Å². The Labute approximate surface area is 235 Å². The van der Waals surface area contributed by atoms with E-state index in [1.54, 1.807) is 6.07 Å². The average molecular weight is 603 g/mol. The molecule has 0 aliphatic rings. The van der Waals surface area contributed by atoms with Crippen LogP contribution in [0.1, 0.15) is 29.9 Å². The van der Waals surface area contributed by atoms with Crippen LogP contribution in [0.3, 0.4) is 0 Å². The maximum Gasteiger partial charge on any atom is 0.262 e. The van der Waals surface area contributed by atoms with Crippen molar-refractivity contribution in [3.8, 4) is 0 Å². The zero-order chi connectivity index (χ0) is 28.0. The zero-order valence-electron chi connectivity index (χ0n) is 20.6. The maximum atomic E-state index is 12.9. The predicted molar refractivity (Wildman–Crippen MR) is 149 cm³/mol. The Morgan fingerprint density at radius 3 is 2.34 bits per heavy atom. The molecule has 0 radical (unpaired) electrons. The molecule has 3 aromatic rings. The van der Waals surface area contributed by atoms with Gasteiger partial charge in [-0.05, 0) is 48.1 Å². The molecule has 0 saturated heterocycles. The first-order chi connectivity index (χ1) is 17.9. The van der Waals surface area contributed by atoms with E-state index in [1.807, 2.05) is 38.1 Å². The van der Waals surface area contributed by atoms with Crippen LogP contribution in [0.15, 0.2) is 53.4 Å². The number of halogens is 2. The standard InChI is InChI=1S/C25H29Cl2N3O6S2/c1-14(2)9-18(30-25(34)22-10-15-5-3-4-6-21(15)37-22)24(33)28-12-19(31)20(32)13-29-38(35,36)23-8-7-16(26)11-17(23)27/h3-8,10-11,14,18-20,29,31-32H,9,12-13H2,1-2H3,(H,28,33)(H,30,34)/t18-,19+,20?/m0/s1. The molecule has 0 aliphatic carbocycles. The van der Waals surface area contributed by atoms with Gasteiger partial charge in [-0.1, -0.05) is 55.2 Å². The number of nitrogens with one attached hydrogen (secondary N) is 3. The normalized spacial score (nSPS) is 14.3. The van der Waals surface area contributed by atoms with Gasteiger partial charge in [0.25, 0.3) is 5.91 Å². The smallest absolute Gasteiger partial charge is 0.262 e. The molecule has 0 aliphatic heterocycles. The Bertz CT molecular complexity index is 1360. The van der Waals surface area contributed by atoms with Crippen molar-refractivity contribution in [3.63, 3.8) is 0 Å². The molecule has 1 unspecified atom stereocenters. The summed E-state index contributed by atoms with van der Waals surface area (Å²) in [6.45, 7) is 2.92. The molecule has 13 heteroatoms. The molecule has 1 heterocycles. The fourth-order valence-electron chi connectivity index (χ4n) is 3.59. The highest BCUT2D eigenvalue weighted by Crippen LogP contribution is 2.26. The van der Waals surface area contributed by atoms with Gasteiger partial charge in [-0.25, -0.2) is 13.1 Å². The number of fused-ring (bicyclic) bond motifs is 1. The molecule has 38 heavy (non-hydrogen) atoms. The molecular formula is C25H29Cl2N3O6S2. The van der Waals surface area contributed by atoms with Gasteiger partial charge in [0.15, 0.2) is 0 Å². The van der Waals surface area contributed by atoms with Crippen LogP contribution in [-0.4, -0.2) is 61.8 Å². The molecule has 206 valence electrons. The molecule has 9 nitrogen and oxygen atoms in total. The van der Waals surface area contributed by atoms with E-state index in [1.165, 1.54) is 29.5 Å². The summed E-state index contributed by atoms with van der Waals surface area (Å²) in [5, 5.41) is 26.9. The van der Waals surface area contributed by atoms with Crippen molar-refractivity contribution in [2.24, 2.45) is 5.92 Å². The van der Waals surface area contributed by atoms with Crippen molar-refractivity contribution < 1.29 is 28.2 Å². The molecule has 0 saturated carbocycles. The number of hydrogen-bond acceptors (Lipinski definition) is 7. The first-order valence-corrected chi connectivity index (χ1v) is 14.8. The third kappa shape index (κ3) is 8.12. The van der Waals surface area contributed by atoms with Crippen LogP contribution in [0.25, 0.3) is 10.1 Å². The first-order valence-electron chi connectivity index (χ1n) is 11.8. The Balaban J connectivity index is 1.56. The predicted octanol–water partition coefficient (Wildman–Crippen LogP) is 3.17. The highest BCUT2D eigenvalue weighted by atomic mass is 35.5. The van der Waals surface area contributed by atoms with Crippen molar-refractivity contribution in [1.82, 2.24) is 15.4 Å². The van der Waals surface area contributed by atoms with E-state index in [-0.39, 0.29) is 33.3 Å². The number of rotatable bonds is 12. The quantitative estimate of drug-likeness (QED) is 0.216. The molecular weight excluding hydrogens is 573 g/mol. The van der Waals surface area contributed by atoms with Crippen LogP contribution < -0.4 is 15.4 Å². The van der Waals surface area contributed by atoms with Gasteiger partial charge in [0.05, 0.1) is 22.1 Å². The number of hydrogen-bond donors (Lipinski definition) is 5. The lowest BCUT2D eigenvalue weighted by atomic mass is 10.0. The summed E-state index contributed by atoms with van der Waals surface area (Å²) in [6, 6.07) is 12.3.